The molecule has 2 heterocycles. The van der Waals surface area contributed by atoms with Crippen LogP contribution in [0.15, 0.2) is 63.4 Å². The van der Waals surface area contributed by atoms with E-state index in [4.69, 9.17) is 4.42 Å². The largest absolute Gasteiger partial charge is 0.493 e. The van der Waals surface area contributed by atoms with Crippen molar-refractivity contribution < 1.29 is 19.1 Å². The Morgan fingerprint density at radius 1 is 1.25 bits per heavy atom. The molecule has 0 aliphatic rings. The van der Waals surface area contributed by atoms with Crippen LogP contribution in [0.25, 0.3) is 17.0 Å². The monoisotopic (exact) mass is 380 g/mol. The molecular weight excluding hydrogens is 360 g/mol. The number of hydrogen-bond acceptors (Lipinski definition) is 5. The summed E-state index contributed by atoms with van der Waals surface area (Å²) in [4.78, 5) is 23.7. The third kappa shape index (κ3) is 4.17. The Bertz CT molecular complexity index is 1050. The van der Waals surface area contributed by atoms with E-state index in [2.05, 4.69) is 15.5 Å². The molecule has 0 fully saturated rings. The Hall–Kier alpha value is -3.68. The average molecular weight is 380 g/mol. The highest BCUT2D eigenvalue weighted by molar-refractivity contribution is 5.96. The van der Waals surface area contributed by atoms with E-state index >= 15 is 0 Å². The molecule has 3 rings (SSSR count). The Kier molecular flexibility index (Phi) is 5.69. The predicted molar refractivity (Wildman–Crippen MR) is 104 cm³/mol. The SMILES string of the molecule is CC(C)n1c(O)c(N=NC(=O)CNC(=O)/C=C/c2ccco2)c2ccccc21. The summed E-state index contributed by atoms with van der Waals surface area (Å²) in [5, 5.41) is 21.1. The van der Waals surface area contributed by atoms with Crippen LogP contribution in [0.5, 0.6) is 5.88 Å². The highest BCUT2D eigenvalue weighted by Crippen LogP contribution is 2.40. The van der Waals surface area contributed by atoms with Gasteiger partial charge in [-0.2, -0.15) is 0 Å². The number of para-hydroxylation sites is 1. The molecule has 0 spiro atoms. The number of furan rings is 1. The van der Waals surface area contributed by atoms with Gasteiger partial charge in [-0.15, -0.1) is 10.2 Å². The average Bonchev–Trinajstić information content (AvgIpc) is 3.28. The van der Waals surface area contributed by atoms with E-state index < -0.39 is 11.8 Å². The van der Waals surface area contributed by atoms with Crippen LogP contribution in [0.3, 0.4) is 0 Å². The van der Waals surface area contributed by atoms with Crippen LogP contribution in [0, 0.1) is 0 Å². The van der Waals surface area contributed by atoms with Gasteiger partial charge in [0.25, 0.3) is 5.91 Å². The normalized spacial score (nSPS) is 11.8. The van der Waals surface area contributed by atoms with Crippen molar-refractivity contribution in [3.8, 4) is 5.88 Å². The van der Waals surface area contributed by atoms with Crippen LogP contribution >= 0.6 is 0 Å². The molecule has 2 aromatic heterocycles. The maximum absolute atomic E-state index is 11.9. The Labute approximate surface area is 161 Å². The van der Waals surface area contributed by atoms with Gasteiger partial charge in [0.05, 0.1) is 11.8 Å². The first-order valence-electron chi connectivity index (χ1n) is 8.73. The number of benzene rings is 1. The number of carbonyl (C=O) groups is 2. The minimum absolute atomic E-state index is 0.00443. The lowest BCUT2D eigenvalue weighted by atomic mass is 10.2. The van der Waals surface area contributed by atoms with Gasteiger partial charge < -0.3 is 19.4 Å². The molecular formula is C20H20N4O4. The van der Waals surface area contributed by atoms with Gasteiger partial charge in [0.15, 0.2) is 5.69 Å². The quantitative estimate of drug-likeness (QED) is 0.498. The van der Waals surface area contributed by atoms with E-state index in [1.807, 2.05) is 32.0 Å². The Balaban J connectivity index is 1.67. The van der Waals surface area contributed by atoms with Crippen molar-refractivity contribution in [2.75, 3.05) is 6.54 Å². The molecule has 0 radical (unpaired) electrons. The fraction of sp³-hybridized carbons (Fsp3) is 0.200. The van der Waals surface area contributed by atoms with Crippen LogP contribution in [-0.2, 0) is 9.59 Å². The van der Waals surface area contributed by atoms with Crippen LogP contribution in [0.4, 0.5) is 5.69 Å². The molecule has 0 saturated heterocycles. The first kappa shape index (κ1) is 19.1. The summed E-state index contributed by atoms with van der Waals surface area (Å²) in [6, 6.07) is 10.7. The molecule has 28 heavy (non-hydrogen) atoms. The number of aromatic hydroxyl groups is 1. The van der Waals surface area contributed by atoms with E-state index in [-0.39, 0.29) is 24.2 Å². The summed E-state index contributed by atoms with van der Waals surface area (Å²) < 4.78 is 6.79. The fourth-order valence-corrected chi connectivity index (χ4v) is 2.76. The topological polar surface area (TPSA) is 109 Å². The lowest BCUT2D eigenvalue weighted by Gasteiger charge is -2.10. The standard InChI is InChI=1S/C20H20N4O4/c1-13(2)24-16-8-4-3-7-15(16)19(20(24)27)23-22-18(26)12-21-17(25)10-9-14-6-5-11-28-14/h3-11,13,27H,12H2,1-2H3,(H,21,25)/b10-9+,23-22?. The fourth-order valence-electron chi connectivity index (χ4n) is 2.76. The van der Waals surface area contributed by atoms with Gasteiger partial charge in [0.1, 0.15) is 12.3 Å². The van der Waals surface area contributed by atoms with Crippen LogP contribution in [-0.4, -0.2) is 28.0 Å². The molecule has 0 bridgehead atoms. The number of nitrogens with zero attached hydrogens (tertiary/aromatic N) is 3. The van der Waals surface area contributed by atoms with Crippen LogP contribution < -0.4 is 5.32 Å². The highest BCUT2D eigenvalue weighted by atomic mass is 16.3. The third-order valence-electron chi connectivity index (χ3n) is 3.99. The van der Waals surface area contributed by atoms with Gasteiger partial charge in [-0.3, -0.25) is 9.59 Å². The maximum Gasteiger partial charge on any atom is 0.283 e. The summed E-state index contributed by atoms with van der Waals surface area (Å²) in [7, 11) is 0. The molecule has 8 nitrogen and oxygen atoms in total. The van der Waals surface area contributed by atoms with Crippen molar-refractivity contribution in [3.63, 3.8) is 0 Å². The van der Waals surface area contributed by atoms with Gasteiger partial charge in [0.2, 0.25) is 11.8 Å². The van der Waals surface area contributed by atoms with Crippen molar-refractivity contribution in [3.05, 3.63) is 54.5 Å². The van der Waals surface area contributed by atoms with Crippen molar-refractivity contribution in [1.29, 1.82) is 0 Å². The number of hydrogen-bond donors (Lipinski definition) is 2. The second-order valence-corrected chi connectivity index (χ2v) is 6.31. The van der Waals surface area contributed by atoms with Crippen molar-refractivity contribution in [2.45, 2.75) is 19.9 Å². The van der Waals surface area contributed by atoms with Gasteiger partial charge in [0, 0.05) is 17.5 Å². The zero-order chi connectivity index (χ0) is 20.1. The van der Waals surface area contributed by atoms with E-state index in [9.17, 15) is 14.7 Å². The molecule has 8 heteroatoms. The molecule has 0 atom stereocenters. The van der Waals surface area contributed by atoms with E-state index in [1.54, 1.807) is 22.8 Å². The van der Waals surface area contributed by atoms with Crippen LogP contribution in [0.2, 0.25) is 0 Å². The zero-order valence-electron chi connectivity index (χ0n) is 15.5. The molecule has 2 N–H and O–H groups in total. The second kappa shape index (κ2) is 8.34. The number of nitrogens with one attached hydrogen (secondary N) is 1. The number of aromatic nitrogens is 1. The summed E-state index contributed by atoms with van der Waals surface area (Å²) in [6.45, 7) is 3.56. The number of rotatable bonds is 6. The van der Waals surface area contributed by atoms with E-state index in [0.717, 1.165) is 5.52 Å². The van der Waals surface area contributed by atoms with Gasteiger partial charge >= 0.3 is 0 Å². The predicted octanol–water partition coefficient (Wildman–Crippen LogP) is 3.96. The number of fused-ring (bicyclic) bond motifs is 1. The number of carbonyl (C=O) groups excluding carboxylic acids is 2. The molecule has 0 aliphatic heterocycles. The third-order valence-corrected chi connectivity index (χ3v) is 3.99. The van der Waals surface area contributed by atoms with E-state index in [0.29, 0.717) is 11.1 Å². The molecule has 0 unspecified atom stereocenters. The number of amides is 2. The molecule has 144 valence electrons. The molecule has 1 aromatic carbocycles. The number of azo groups is 1. The molecule has 0 saturated carbocycles. The van der Waals surface area contributed by atoms with Gasteiger partial charge in [-0.05, 0) is 38.1 Å². The van der Waals surface area contributed by atoms with Crippen molar-refractivity contribution in [1.82, 2.24) is 9.88 Å². The molecule has 2 amide bonds. The maximum atomic E-state index is 11.9. The smallest absolute Gasteiger partial charge is 0.283 e. The summed E-state index contributed by atoms with van der Waals surface area (Å²) in [6.07, 6.45) is 4.23. The highest BCUT2D eigenvalue weighted by Gasteiger charge is 2.18. The summed E-state index contributed by atoms with van der Waals surface area (Å²) in [5.74, 6) is -0.629. The minimum atomic E-state index is -0.638. The Morgan fingerprint density at radius 3 is 2.75 bits per heavy atom. The summed E-state index contributed by atoms with van der Waals surface area (Å²) >= 11 is 0. The summed E-state index contributed by atoms with van der Waals surface area (Å²) in [5.41, 5.74) is 1.02. The lowest BCUT2D eigenvalue weighted by Crippen LogP contribution is -2.26. The lowest BCUT2D eigenvalue weighted by molar-refractivity contribution is -0.122. The van der Waals surface area contributed by atoms with Gasteiger partial charge in [-0.25, -0.2) is 0 Å². The second-order valence-electron chi connectivity index (χ2n) is 6.31. The van der Waals surface area contributed by atoms with Crippen LogP contribution in [0.1, 0.15) is 25.6 Å². The van der Waals surface area contributed by atoms with E-state index in [1.165, 1.54) is 18.4 Å². The minimum Gasteiger partial charge on any atom is -0.493 e. The van der Waals surface area contributed by atoms with Gasteiger partial charge in [-0.1, -0.05) is 18.2 Å². The zero-order valence-corrected chi connectivity index (χ0v) is 15.5. The first-order valence-corrected chi connectivity index (χ1v) is 8.73. The molecule has 0 aliphatic carbocycles. The first-order chi connectivity index (χ1) is 13.5. The Morgan fingerprint density at radius 2 is 2.04 bits per heavy atom. The molecule has 3 aromatic rings. The van der Waals surface area contributed by atoms with Crippen molar-refractivity contribution in [2.24, 2.45) is 10.2 Å². The van der Waals surface area contributed by atoms with Crippen molar-refractivity contribution >= 4 is 34.5 Å².